The Balaban J connectivity index is 2.73. The fourth-order valence-corrected chi connectivity index (χ4v) is 1.42. The van der Waals surface area contributed by atoms with Crippen LogP contribution in [0, 0.1) is 0 Å². The molecule has 0 bridgehead atoms. The molecule has 4 heteroatoms. The van der Waals surface area contributed by atoms with Crippen molar-refractivity contribution < 1.29 is 5.11 Å². The number of hydrogen-bond donors (Lipinski definition) is 1. The third-order valence-electron chi connectivity index (χ3n) is 1.63. The second-order valence-corrected chi connectivity index (χ2v) is 3.88. The zero-order valence-electron chi connectivity index (χ0n) is 6.80. The van der Waals surface area contributed by atoms with Crippen LogP contribution in [0.15, 0.2) is 18.2 Å². The lowest BCUT2D eigenvalue weighted by molar-refractivity contribution is 0.199. The largest absolute Gasteiger partial charge is 0.392 e. The maximum absolute atomic E-state index is 9.26. The molecule has 0 aromatic heterocycles. The van der Waals surface area contributed by atoms with Gasteiger partial charge in [-0.1, -0.05) is 29.3 Å². The lowest BCUT2D eigenvalue weighted by Crippen LogP contribution is -2.11. The molecule has 1 N–H and O–H groups in total. The normalized spacial score (nSPS) is 12.9. The molecule has 1 unspecified atom stereocenters. The van der Waals surface area contributed by atoms with Crippen molar-refractivity contribution in [3.05, 3.63) is 33.8 Å². The van der Waals surface area contributed by atoms with Crippen molar-refractivity contribution in [2.24, 2.45) is 0 Å². The zero-order valence-corrected chi connectivity index (χ0v) is 9.07. The third kappa shape index (κ3) is 3.35. The molecule has 1 rings (SSSR count). The van der Waals surface area contributed by atoms with E-state index in [1.165, 1.54) is 0 Å². The van der Waals surface area contributed by atoms with Gasteiger partial charge in [-0.05, 0) is 24.1 Å². The van der Waals surface area contributed by atoms with E-state index >= 15 is 0 Å². The minimum Gasteiger partial charge on any atom is -0.392 e. The summed E-state index contributed by atoms with van der Waals surface area (Å²) in [5.74, 6) is 0.222. The van der Waals surface area contributed by atoms with Crippen molar-refractivity contribution >= 4 is 34.8 Å². The summed E-state index contributed by atoms with van der Waals surface area (Å²) in [5.41, 5.74) is 0.933. The van der Waals surface area contributed by atoms with Crippen LogP contribution < -0.4 is 0 Å². The molecule has 0 fully saturated rings. The summed E-state index contributed by atoms with van der Waals surface area (Å²) in [6.07, 6.45) is -0.0284. The Morgan fingerprint density at radius 1 is 1.23 bits per heavy atom. The van der Waals surface area contributed by atoms with Gasteiger partial charge in [0, 0.05) is 5.88 Å². The molecule has 0 aliphatic rings. The molecule has 0 amide bonds. The van der Waals surface area contributed by atoms with Gasteiger partial charge in [-0.15, -0.1) is 11.6 Å². The molecule has 1 aromatic carbocycles. The SMILES string of the molecule is OC(CCl)Cc1ccc(Cl)c(Cl)c1. The highest BCUT2D eigenvalue weighted by atomic mass is 35.5. The standard InChI is InChI=1S/C9H9Cl3O/c10-5-7(13)3-6-1-2-8(11)9(12)4-6/h1-2,4,7,13H,3,5H2. The molecule has 1 atom stereocenters. The summed E-state index contributed by atoms with van der Waals surface area (Å²) in [5, 5.41) is 10.3. The van der Waals surface area contributed by atoms with Gasteiger partial charge in [0.25, 0.3) is 0 Å². The Hall–Kier alpha value is 0.0500. The lowest BCUT2D eigenvalue weighted by Gasteiger charge is -2.07. The van der Waals surface area contributed by atoms with Gasteiger partial charge in [-0.3, -0.25) is 0 Å². The molecule has 1 aromatic rings. The average molecular weight is 240 g/mol. The van der Waals surface area contributed by atoms with Crippen LogP contribution in [0.4, 0.5) is 0 Å². The smallest absolute Gasteiger partial charge is 0.0715 e. The van der Waals surface area contributed by atoms with E-state index in [-0.39, 0.29) is 5.88 Å². The molecule has 0 saturated heterocycles. The average Bonchev–Trinajstić information content (AvgIpc) is 2.11. The summed E-state index contributed by atoms with van der Waals surface area (Å²) in [7, 11) is 0. The van der Waals surface area contributed by atoms with Gasteiger partial charge in [-0.2, -0.15) is 0 Å². The monoisotopic (exact) mass is 238 g/mol. The quantitative estimate of drug-likeness (QED) is 0.804. The molecule has 1 nitrogen and oxygen atoms in total. The first kappa shape index (κ1) is 11.1. The van der Waals surface area contributed by atoms with Crippen molar-refractivity contribution in [2.45, 2.75) is 12.5 Å². The lowest BCUT2D eigenvalue weighted by atomic mass is 10.1. The number of rotatable bonds is 3. The van der Waals surface area contributed by atoms with E-state index in [0.29, 0.717) is 16.5 Å². The predicted octanol–water partition coefficient (Wildman–Crippen LogP) is 3.14. The Labute approximate surface area is 92.2 Å². The van der Waals surface area contributed by atoms with Crippen LogP contribution in [0.5, 0.6) is 0 Å². The zero-order chi connectivity index (χ0) is 9.84. The van der Waals surface area contributed by atoms with E-state index in [0.717, 1.165) is 5.56 Å². The summed E-state index contributed by atoms with van der Waals surface area (Å²) in [6.45, 7) is 0. The van der Waals surface area contributed by atoms with Gasteiger partial charge in [0.05, 0.1) is 16.1 Å². The molecule has 0 saturated carbocycles. The van der Waals surface area contributed by atoms with E-state index in [1.807, 2.05) is 6.07 Å². The van der Waals surface area contributed by atoms with Crippen molar-refractivity contribution in [3.8, 4) is 0 Å². The van der Waals surface area contributed by atoms with E-state index in [1.54, 1.807) is 12.1 Å². The van der Waals surface area contributed by atoms with Crippen LogP contribution in [-0.2, 0) is 6.42 Å². The summed E-state index contributed by atoms with van der Waals surface area (Å²) >= 11 is 17.0. The molecule has 0 aliphatic carbocycles. The third-order valence-corrected chi connectivity index (χ3v) is 2.73. The van der Waals surface area contributed by atoms with Gasteiger partial charge < -0.3 is 5.11 Å². The highest BCUT2D eigenvalue weighted by Crippen LogP contribution is 2.23. The number of alkyl halides is 1. The second kappa shape index (κ2) is 5.06. The molecule has 0 heterocycles. The topological polar surface area (TPSA) is 20.2 Å². The van der Waals surface area contributed by atoms with Crippen molar-refractivity contribution in [3.63, 3.8) is 0 Å². The maximum Gasteiger partial charge on any atom is 0.0715 e. The van der Waals surface area contributed by atoms with Gasteiger partial charge in [0.15, 0.2) is 0 Å². The highest BCUT2D eigenvalue weighted by Gasteiger charge is 2.05. The number of hydrogen-bond acceptors (Lipinski definition) is 1. The number of aliphatic hydroxyl groups excluding tert-OH is 1. The Morgan fingerprint density at radius 3 is 2.46 bits per heavy atom. The van der Waals surface area contributed by atoms with E-state index in [2.05, 4.69) is 0 Å². The second-order valence-electron chi connectivity index (χ2n) is 2.76. The van der Waals surface area contributed by atoms with Crippen LogP contribution in [0.25, 0.3) is 0 Å². The van der Waals surface area contributed by atoms with Gasteiger partial charge in [0.2, 0.25) is 0 Å². The number of aliphatic hydroxyl groups is 1. The molecule has 0 radical (unpaired) electrons. The van der Waals surface area contributed by atoms with Crippen molar-refractivity contribution in [1.29, 1.82) is 0 Å². The summed E-state index contributed by atoms with van der Waals surface area (Å²) in [4.78, 5) is 0. The minimum absolute atomic E-state index is 0.222. The van der Waals surface area contributed by atoms with Gasteiger partial charge in [0.1, 0.15) is 0 Å². The van der Waals surface area contributed by atoms with Crippen LogP contribution >= 0.6 is 34.8 Å². The highest BCUT2D eigenvalue weighted by molar-refractivity contribution is 6.42. The van der Waals surface area contributed by atoms with E-state index in [4.69, 9.17) is 34.8 Å². The molecular formula is C9H9Cl3O. The number of halogens is 3. The first-order chi connectivity index (χ1) is 6.13. The predicted molar refractivity (Wildman–Crippen MR) is 56.9 cm³/mol. The molecule has 0 spiro atoms. The van der Waals surface area contributed by atoms with Crippen LogP contribution in [-0.4, -0.2) is 17.1 Å². The maximum atomic E-state index is 9.26. The van der Waals surface area contributed by atoms with Crippen molar-refractivity contribution in [1.82, 2.24) is 0 Å². The van der Waals surface area contributed by atoms with E-state index in [9.17, 15) is 5.11 Å². The fraction of sp³-hybridized carbons (Fsp3) is 0.333. The first-order valence-corrected chi connectivity index (χ1v) is 5.10. The molecule has 72 valence electrons. The fourth-order valence-electron chi connectivity index (χ4n) is 0.993. The molecular weight excluding hydrogens is 230 g/mol. The Kier molecular flexibility index (Phi) is 4.33. The van der Waals surface area contributed by atoms with Crippen LogP contribution in [0.1, 0.15) is 5.56 Å². The van der Waals surface area contributed by atoms with E-state index < -0.39 is 6.10 Å². The number of benzene rings is 1. The minimum atomic E-state index is -0.529. The molecule has 13 heavy (non-hydrogen) atoms. The van der Waals surface area contributed by atoms with Gasteiger partial charge >= 0.3 is 0 Å². The van der Waals surface area contributed by atoms with Crippen LogP contribution in [0.3, 0.4) is 0 Å². The Morgan fingerprint density at radius 2 is 1.92 bits per heavy atom. The van der Waals surface area contributed by atoms with Gasteiger partial charge in [-0.25, -0.2) is 0 Å². The first-order valence-electron chi connectivity index (χ1n) is 3.81. The molecule has 0 aliphatic heterocycles. The summed E-state index contributed by atoms with van der Waals surface area (Å²) < 4.78 is 0. The summed E-state index contributed by atoms with van der Waals surface area (Å²) in [6, 6.07) is 5.27. The Bertz CT molecular complexity index is 288. The van der Waals surface area contributed by atoms with Crippen molar-refractivity contribution in [2.75, 3.05) is 5.88 Å². The van der Waals surface area contributed by atoms with Crippen LogP contribution in [0.2, 0.25) is 10.0 Å².